The monoisotopic (exact) mass is 248 g/mol. The lowest BCUT2D eigenvalue weighted by atomic mass is 10.0. The Labute approximate surface area is 110 Å². The molecule has 1 saturated heterocycles. The molecule has 1 aromatic rings. The smallest absolute Gasteiger partial charge is 0.0757 e. The molecule has 0 radical (unpaired) electrons. The minimum Gasteiger partial charge on any atom is -0.399 e. The van der Waals surface area contributed by atoms with Crippen LogP contribution < -0.4 is 5.73 Å². The summed E-state index contributed by atoms with van der Waals surface area (Å²) < 4.78 is 5.91. The van der Waals surface area contributed by atoms with E-state index in [1.54, 1.807) is 0 Å². The van der Waals surface area contributed by atoms with Gasteiger partial charge in [0.2, 0.25) is 0 Å². The highest BCUT2D eigenvalue weighted by atomic mass is 16.5. The first-order valence-corrected chi connectivity index (χ1v) is 6.70. The Morgan fingerprint density at radius 3 is 2.78 bits per heavy atom. The predicted octanol–water partition coefficient (Wildman–Crippen LogP) is 2.31. The van der Waals surface area contributed by atoms with Gasteiger partial charge in [-0.2, -0.15) is 0 Å². The zero-order chi connectivity index (χ0) is 13.2. The third-order valence-corrected chi connectivity index (χ3v) is 3.39. The van der Waals surface area contributed by atoms with Gasteiger partial charge >= 0.3 is 0 Å². The van der Waals surface area contributed by atoms with Crippen molar-refractivity contribution in [3.05, 3.63) is 29.8 Å². The van der Waals surface area contributed by atoms with Crippen LogP contribution in [-0.4, -0.2) is 36.2 Å². The van der Waals surface area contributed by atoms with Crippen molar-refractivity contribution >= 4 is 5.69 Å². The molecule has 2 N–H and O–H groups in total. The van der Waals surface area contributed by atoms with E-state index in [2.05, 4.69) is 37.8 Å². The number of ether oxygens (including phenoxy) is 1. The summed E-state index contributed by atoms with van der Waals surface area (Å²) in [4.78, 5) is 2.47. The average Bonchev–Trinajstić information content (AvgIpc) is 2.25. The number of nitrogens with zero attached hydrogens (tertiary/aromatic N) is 1. The molecule has 1 heterocycles. The van der Waals surface area contributed by atoms with Gasteiger partial charge in [0.15, 0.2) is 0 Å². The van der Waals surface area contributed by atoms with E-state index in [1.807, 2.05) is 12.1 Å². The van der Waals surface area contributed by atoms with Crippen LogP contribution in [0.4, 0.5) is 5.69 Å². The van der Waals surface area contributed by atoms with E-state index in [-0.39, 0.29) is 5.60 Å². The SMILES string of the molecule is CC1CN(CCc2ccccc2N)CC(C)(C)O1. The molecule has 0 aliphatic carbocycles. The van der Waals surface area contributed by atoms with Gasteiger partial charge in [0.1, 0.15) is 0 Å². The molecule has 0 bridgehead atoms. The van der Waals surface area contributed by atoms with E-state index in [4.69, 9.17) is 10.5 Å². The average molecular weight is 248 g/mol. The number of nitrogen functional groups attached to an aromatic ring is 1. The number of anilines is 1. The van der Waals surface area contributed by atoms with Gasteiger partial charge < -0.3 is 10.5 Å². The van der Waals surface area contributed by atoms with Crippen molar-refractivity contribution in [1.82, 2.24) is 4.90 Å². The lowest BCUT2D eigenvalue weighted by Gasteiger charge is -2.41. The standard InChI is InChI=1S/C15H24N2O/c1-12-10-17(11-15(2,3)18-12)9-8-13-6-4-5-7-14(13)16/h4-7,12H,8-11,16H2,1-3H3. The van der Waals surface area contributed by atoms with Gasteiger partial charge in [-0.25, -0.2) is 0 Å². The maximum Gasteiger partial charge on any atom is 0.0757 e. The van der Waals surface area contributed by atoms with Crippen LogP contribution >= 0.6 is 0 Å². The molecule has 1 fully saturated rings. The topological polar surface area (TPSA) is 38.5 Å². The van der Waals surface area contributed by atoms with Crippen LogP contribution in [0, 0.1) is 0 Å². The molecule has 0 amide bonds. The van der Waals surface area contributed by atoms with Crippen LogP contribution in [0.3, 0.4) is 0 Å². The van der Waals surface area contributed by atoms with Crippen LogP contribution in [0.25, 0.3) is 0 Å². The van der Waals surface area contributed by atoms with Crippen molar-refractivity contribution in [2.24, 2.45) is 0 Å². The second kappa shape index (κ2) is 5.29. The van der Waals surface area contributed by atoms with E-state index < -0.39 is 0 Å². The van der Waals surface area contributed by atoms with Crippen molar-refractivity contribution in [1.29, 1.82) is 0 Å². The van der Waals surface area contributed by atoms with Gasteiger partial charge in [-0.3, -0.25) is 4.90 Å². The van der Waals surface area contributed by atoms with Crippen molar-refractivity contribution in [2.45, 2.75) is 38.9 Å². The number of morpholine rings is 1. The normalized spacial score (nSPS) is 24.1. The van der Waals surface area contributed by atoms with E-state index in [1.165, 1.54) is 5.56 Å². The molecular weight excluding hydrogens is 224 g/mol. The van der Waals surface area contributed by atoms with Gasteiger partial charge in [0.05, 0.1) is 11.7 Å². The van der Waals surface area contributed by atoms with Crippen LogP contribution in [0.5, 0.6) is 0 Å². The van der Waals surface area contributed by atoms with Crippen molar-refractivity contribution in [3.8, 4) is 0 Å². The molecule has 2 rings (SSSR count). The number of para-hydroxylation sites is 1. The fourth-order valence-corrected chi connectivity index (χ4v) is 2.80. The molecule has 18 heavy (non-hydrogen) atoms. The first kappa shape index (κ1) is 13.4. The van der Waals surface area contributed by atoms with E-state index in [0.717, 1.165) is 31.7 Å². The molecule has 1 aliphatic rings. The highest BCUT2D eigenvalue weighted by Crippen LogP contribution is 2.21. The fourth-order valence-electron chi connectivity index (χ4n) is 2.80. The first-order chi connectivity index (χ1) is 8.46. The number of nitrogens with two attached hydrogens (primary N) is 1. The second-order valence-electron chi connectivity index (χ2n) is 5.87. The minimum atomic E-state index is -0.0418. The van der Waals surface area contributed by atoms with Crippen molar-refractivity contribution in [3.63, 3.8) is 0 Å². The number of hydrogen-bond donors (Lipinski definition) is 1. The molecule has 0 aromatic heterocycles. The third-order valence-electron chi connectivity index (χ3n) is 3.39. The van der Waals surface area contributed by atoms with Gasteiger partial charge in [-0.15, -0.1) is 0 Å². The quantitative estimate of drug-likeness (QED) is 0.834. The lowest BCUT2D eigenvalue weighted by molar-refractivity contribution is -0.128. The molecule has 1 aliphatic heterocycles. The van der Waals surface area contributed by atoms with Gasteiger partial charge in [0, 0.05) is 25.3 Å². The molecule has 3 heteroatoms. The Balaban J connectivity index is 1.92. The van der Waals surface area contributed by atoms with Crippen LogP contribution in [-0.2, 0) is 11.2 Å². The Morgan fingerprint density at radius 2 is 2.11 bits per heavy atom. The Kier molecular flexibility index (Phi) is 3.93. The highest BCUT2D eigenvalue weighted by molar-refractivity contribution is 5.46. The number of hydrogen-bond acceptors (Lipinski definition) is 3. The van der Waals surface area contributed by atoms with E-state index in [0.29, 0.717) is 6.10 Å². The summed E-state index contributed by atoms with van der Waals surface area (Å²) in [5.41, 5.74) is 8.08. The summed E-state index contributed by atoms with van der Waals surface area (Å²) in [6.07, 6.45) is 1.32. The summed E-state index contributed by atoms with van der Waals surface area (Å²) in [7, 11) is 0. The van der Waals surface area contributed by atoms with Crippen molar-refractivity contribution in [2.75, 3.05) is 25.4 Å². The summed E-state index contributed by atoms with van der Waals surface area (Å²) >= 11 is 0. The maximum atomic E-state index is 5.97. The third kappa shape index (κ3) is 3.47. The molecule has 0 saturated carbocycles. The predicted molar refractivity (Wildman–Crippen MR) is 75.6 cm³/mol. The lowest BCUT2D eigenvalue weighted by Crippen LogP contribution is -2.52. The molecule has 1 unspecified atom stereocenters. The molecule has 100 valence electrons. The minimum absolute atomic E-state index is 0.0418. The molecular formula is C15H24N2O. The van der Waals surface area contributed by atoms with E-state index >= 15 is 0 Å². The first-order valence-electron chi connectivity index (χ1n) is 6.70. The molecule has 1 aromatic carbocycles. The zero-order valence-corrected chi connectivity index (χ0v) is 11.6. The van der Waals surface area contributed by atoms with Gasteiger partial charge in [-0.1, -0.05) is 18.2 Å². The van der Waals surface area contributed by atoms with Gasteiger partial charge in [0.25, 0.3) is 0 Å². The fraction of sp³-hybridized carbons (Fsp3) is 0.600. The Bertz CT molecular complexity index is 403. The summed E-state index contributed by atoms with van der Waals surface area (Å²) in [5, 5.41) is 0. The number of benzene rings is 1. The molecule has 3 nitrogen and oxygen atoms in total. The number of rotatable bonds is 3. The van der Waals surface area contributed by atoms with Gasteiger partial charge in [-0.05, 0) is 38.8 Å². The molecule has 1 atom stereocenters. The summed E-state index contributed by atoms with van der Waals surface area (Å²) in [5.74, 6) is 0. The van der Waals surface area contributed by atoms with Crippen LogP contribution in [0.2, 0.25) is 0 Å². The molecule has 0 spiro atoms. The summed E-state index contributed by atoms with van der Waals surface area (Å²) in [6.45, 7) is 9.51. The largest absolute Gasteiger partial charge is 0.399 e. The van der Waals surface area contributed by atoms with E-state index in [9.17, 15) is 0 Å². The Hall–Kier alpha value is -1.06. The van der Waals surface area contributed by atoms with Crippen molar-refractivity contribution < 1.29 is 4.74 Å². The Morgan fingerprint density at radius 1 is 1.39 bits per heavy atom. The zero-order valence-electron chi connectivity index (χ0n) is 11.6. The second-order valence-corrected chi connectivity index (χ2v) is 5.87. The van der Waals surface area contributed by atoms with Crippen LogP contribution in [0.1, 0.15) is 26.3 Å². The maximum absolute atomic E-state index is 5.97. The van der Waals surface area contributed by atoms with Crippen LogP contribution in [0.15, 0.2) is 24.3 Å². The summed E-state index contributed by atoms with van der Waals surface area (Å²) in [6, 6.07) is 8.13. The highest BCUT2D eigenvalue weighted by Gasteiger charge is 2.30.